The van der Waals surface area contributed by atoms with E-state index in [9.17, 15) is 4.79 Å². The maximum Gasteiger partial charge on any atom is 0.263 e. The molecule has 3 rings (SSSR count). The van der Waals surface area contributed by atoms with E-state index in [-0.39, 0.29) is 12.2 Å². The number of thiophene rings is 1. The number of hydrogen-bond acceptors (Lipinski definition) is 5. The molecule has 0 unspecified atom stereocenters. The van der Waals surface area contributed by atoms with E-state index in [1.165, 1.54) is 23.3 Å². The summed E-state index contributed by atoms with van der Waals surface area (Å²) in [5.74, 6) is 0.761. The van der Waals surface area contributed by atoms with Gasteiger partial charge in [-0.25, -0.2) is 4.98 Å². The lowest BCUT2D eigenvalue weighted by molar-refractivity contribution is 0.296. The molecule has 1 N–H and O–H groups in total. The summed E-state index contributed by atoms with van der Waals surface area (Å²) in [7, 11) is 0. The zero-order valence-electron chi connectivity index (χ0n) is 13.2. The molecule has 23 heavy (non-hydrogen) atoms. The first-order valence-corrected chi connectivity index (χ1v) is 9.96. The lowest BCUT2D eigenvalue weighted by Crippen LogP contribution is -2.23. The molecule has 124 valence electrons. The first-order valence-electron chi connectivity index (χ1n) is 8.16. The van der Waals surface area contributed by atoms with E-state index in [1.807, 2.05) is 0 Å². The first kappa shape index (κ1) is 16.7. The van der Waals surface area contributed by atoms with Crippen LogP contribution in [-0.2, 0) is 19.4 Å². The number of aliphatic hydroxyl groups excluding tert-OH is 1. The monoisotopic (exact) mass is 350 g/mol. The van der Waals surface area contributed by atoms with Crippen LogP contribution in [0.1, 0.15) is 36.1 Å². The van der Waals surface area contributed by atoms with Crippen molar-refractivity contribution in [2.45, 2.75) is 50.2 Å². The molecule has 2 aromatic heterocycles. The van der Waals surface area contributed by atoms with Crippen molar-refractivity contribution in [2.75, 3.05) is 12.4 Å². The van der Waals surface area contributed by atoms with Gasteiger partial charge in [-0.15, -0.1) is 17.9 Å². The number of allylic oxidation sites excluding steroid dienone is 1. The minimum atomic E-state index is 0.0702. The van der Waals surface area contributed by atoms with E-state index in [0.29, 0.717) is 13.0 Å². The number of fused-ring (bicyclic) bond motifs is 3. The third-order valence-electron chi connectivity index (χ3n) is 4.14. The Morgan fingerprint density at radius 1 is 1.35 bits per heavy atom. The van der Waals surface area contributed by atoms with Crippen molar-refractivity contribution >= 4 is 33.3 Å². The average Bonchev–Trinajstić information content (AvgIpc) is 2.73. The van der Waals surface area contributed by atoms with E-state index in [2.05, 4.69) is 6.58 Å². The second kappa shape index (κ2) is 7.64. The van der Waals surface area contributed by atoms with E-state index < -0.39 is 0 Å². The van der Waals surface area contributed by atoms with Gasteiger partial charge in [0.2, 0.25) is 0 Å². The lowest BCUT2D eigenvalue weighted by Gasteiger charge is -2.10. The maximum atomic E-state index is 13.0. The molecular formula is C17H22N2O2S2. The van der Waals surface area contributed by atoms with E-state index in [1.54, 1.807) is 33.7 Å². The van der Waals surface area contributed by atoms with Gasteiger partial charge < -0.3 is 5.11 Å². The van der Waals surface area contributed by atoms with Crippen LogP contribution in [0.15, 0.2) is 22.6 Å². The van der Waals surface area contributed by atoms with Crippen LogP contribution in [0.2, 0.25) is 0 Å². The Morgan fingerprint density at radius 3 is 2.96 bits per heavy atom. The van der Waals surface area contributed by atoms with E-state index in [0.717, 1.165) is 40.4 Å². The fourth-order valence-corrected chi connectivity index (χ4v) is 5.26. The van der Waals surface area contributed by atoms with Crippen LogP contribution in [0.5, 0.6) is 0 Å². The molecular weight excluding hydrogens is 328 g/mol. The molecule has 4 nitrogen and oxygen atoms in total. The molecule has 1 aliphatic carbocycles. The van der Waals surface area contributed by atoms with Gasteiger partial charge >= 0.3 is 0 Å². The molecule has 0 saturated heterocycles. The van der Waals surface area contributed by atoms with Gasteiger partial charge in [-0.2, -0.15) is 0 Å². The Morgan fingerprint density at radius 2 is 2.17 bits per heavy atom. The molecule has 0 bridgehead atoms. The molecule has 0 amide bonds. The Labute approximate surface area is 144 Å². The van der Waals surface area contributed by atoms with Crippen molar-refractivity contribution in [1.82, 2.24) is 9.55 Å². The quantitative estimate of drug-likeness (QED) is 0.285. The highest BCUT2D eigenvalue weighted by Crippen LogP contribution is 2.34. The fourth-order valence-electron chi connectivity index (χ4n) is 3.02. The molecule has 0 saturated carbocycles. The van der Waals surface area contributed by atoms with Crippen LogP contribution < -0.4 is 5.56 Å². The Bertz CT molecular complexity index is 764. The largest absolute Gasteiger partial charge is 0.396 e. The second-order valence-corrected chi connectivity index (χ2v) is 7.91. The van der Waals surface area contributed by atoms with E-state index in [4.69, 9.17) is 10.1 Å². The Hall–Kier alpha value is -1.11. The number of aryl methyl sites for hydroxylation is 2. The average molecular weight is 351 g/mol. The third kappa shape index (κ3) is 3.39. The van der Waals surface area contributed by atoms with Crippen LogP contribution in [0.4, 0.5) is 0 Å². The van der Waals surface area contributed by atoms with Crippen LogP contribution >= 0.6 is 23.1 Å². The van der Waals surface area contributed by atoms with Gasteiger partial charge in [0.25, 0.3) is 5.56 Å². The molecule has 6 heteroatoms. The minimum Gasteiger partial charge on any atom is -0.396 e. The number of hydrogen-bond donors (Lipinski definition) is 1. The van der Waals surface area contributed by atoms with Gasteiger partial charge in [-0.3, -0.25) is 9.36 Å². The minimum absolute atomic E-state index is 0.0702. The van der Waals surface area contributed by atoms with Crippen LogP contribution in [0.3, 0.4) is 0 Å². The van der Waals surface area contributed by atoms with Crippen molar-refractivity contribution < 1.29 is 5.11 Å². The maximum absolute atomic E-state index is 13.0. The van der Waals surface area contributed by atoms with Gasteiger partial charge in [0.05, 0.1) is 5.39 Å². The van der Waals surface area contributed by atoms with Gasteiger partial charge in [-0.05, 0) is 37.7 Å². The summed E-state index contributed by atoms with van der Waals surface area (Å²) < 4.78 is 1.73. The summed E-state index contributed by atoms with van der Waals surface area (Å²) >= 11 is 3.24. The highest BCUT2D eigenvalue weighted by atomic mass is 32.2. The zero-order valence-corrected chi connectivity index (χ0v) is 14.8. The molecule has 1 aliphatic rings. The summed E-state index contributed by atoms with van der Waals surface area (Å²) in [6.07, 6.45) is 8.13. The molecule has 0 fully saturated rings. The predicted octanol–water partition coefficient (Wildman–Crippen LogP) is 3.39. The highest BCUT2D eigenvalue weighted by molar-refractivity contribution is 7.99. The molecule has 2 heterocycles. The van der Waals surface area contributed by atoms with Crippen molar-refractivity contribution in [1.29, 1.82) is 0 Å². The van der Waals surface area contributed by atoms with Crippen LogP contribution in [0, 0.1) is 0 Å². The van der Waals surface area contributed by atoms with Crippen LogP contribution in [0.25, 0.3) is 10.2 Å². The number of thioether (sulfide) groups is 1. The van der Waals surface area contributed by atoms with Gasteiger partial charge in [0, 0.05) is 23.8 Å². The number of aromatic nitrogens is 2. The SMILES string of the molecule is C=CCn1c(SCCCO)nc2sc3c(c2c1=O)CCCCC3. The van der Waals surface area contributed by atoms with Crippen LogP contribution in [-0.4, -0.2) is 27.0 Å². The summed E-state index contributed by atoms with van der Waals surface area (Å²) in [4.78, 5) is 20.0. The second-order valence-electron chi connectivity index (χ2n) is 5.77. The summed E-state index contributed by atoms with van der Waals surface area (Å²) in [5.41, 5.74) is 1.31. The Kier molecular flexibility index (Phi) is 5.56. The number of aliphatic hydroxyl groups is 1. The first-order chi connectivity index (χ1) is 11.3. The Balaban J connectivity index is 2.12. The predicted molar refractivity (Wildman–Crippen MR) is 97.8 cm³/mol. The summed E-state index contributed by atoms with van der Waals surface area (Å²) in [6, 6.07) is 0. The molecule has 0 aliphatic heterocycles. The van der Waals surface area contributed by atoms with Gasteiger partial charge in [0.15, 0.2) is 5.16 Å². The topological polar surface area (TPSA) is 55.1 Å². The summed E-state index contributed by atoms with van der Waals surface area (Å²) in [5, 5.41) is 10.5. The molecule has 0 aromatic carbocycles. The zero-order chi connectivity index (χ0) is 16.2. The number of rotatable bonds is 6. The smallest absolute Gasteiger partial charge is 0.263 e. The molecule has 0 spiro atoms. The summed E-state index contributed by atoms with van der Waals surface area (Å²) in [6.45, 7) is 4.41. The number of nitrogens with zero attached hydrogens (tertiary/aromatic N) is 2. The third-order valence-corrected chi connectivity index (χ3v) is 6.38. The van der Waals surface area contributed by atoms with Gasteiger partial charge in [-0.1, -0.05) is 24.3 Å². The molecule has 0 radical (unpaired) electrons. The fraction of sp³-hybridized carbons (Fsp3) is 0.529. The van der Waals surface area contributed by atoms with Crippen molar-refractivity contribution in [3.63, 3.8) is 0 Å². The highest BCUT2D eigenvalue weighted by Gasteiger charge is 2.21. The van der Waals surface area contributed by atoms with E-state index >= 15 is 0 Å². The van der Waals surface area contributed by atoms with Crippen molar-refractivity contribution in [3.8, 4) is 0 Å². The molecule has 0 atom stereocenters. The van der Waals surface area contributed by atoms with Gasteiger partial charge in [0.1, 0.15) is 4.83 Å². The standard InChI is InChI=1S/C17H22N2O2S2/c1-2-9-19-16(21)14-12-7-4-3-5-8-13(12)23-15(14)18-17(19)22-11-6-10-20/h2,20H,1,3-11H2. The normalized spacial score (nSPS) is 14.7. The molecule has 2 aromatic rings. The van der Waals surface area contributed by atoms with Crippen molar-refractivity contribution in [3.05, 3.63) is 33.4 Å². The lowest BCUT2D eigenvalue weighted by atomic mass is 10.1. The van der Waals surface area contributed by atoms with Crippen molar-refractivity contribution in [2.24, 2.45) is 0 Å².